The number of benzene rings is 2. The first-order chi connectivity index (χ1) is 12.2. The summed E-state index contributed by atoms with van der Waals surface area (Å²) in [7, 11) is 0. The molecule has 0 amide bonds. The van der Waals surface area contributed by atoms with Crippen LogP contribution < -0.4 is 0 Å². The Bertz CT molecular complexity index is 883. The molecule has 0 N–H and O–H groups in total. The Labute approximate surface area is 146 Å². The summed E-state index contributed by atoms with van der Waals surface area (Å²) >= 11 is 0. The van der Waals surface area contributed by atoms with E-state index < -0.39 is 0 Å². The third kappa shape index (κ3) is 2.73. The van der Waals surface area contributed by atoms with Gasteiger partial charge in [-0.1, -0.05) is 0 Å². The van der Waals surface area contributed by atoms with Gasteiger partial charge in [0.25, 0.3) is 0 Å². The van der Waals surface area contributed by atoms with Crippen molar-refractivity contribution >= 4 is 21.8 Å². The molecule has 25 heavy (non-hydrogen) atoms. The lowest BCUT2D eigenvalue weighted by Gasteiger charge is -2.34. The molecule has 1 saturated carbocycles. The van der Waals surface area contributed by atoms with Crippen molar-refractivity contribution in [3.8, 4) is 0 Å². The van der Waals surface area contributed by atoms with Crippen LogP contribution in [0.2, 0.25) is 0 Å². The van der Waals surface area contributed by atoms with Crippen molar-refractivity contribution in [1.82, 2.24) is 9.47 Å². The van der Waals surface area contributed by atoms with Crippen molar-refractivity contribution in [1.29, 1.82) is 0 Å². The molecule has 4 heteroatoms. The molecule has 2 aromatic carbocycles. The molecule has 1 aromatic heterocycles. The number of likely N-dealkylation sites (tertiary alicyclic amines) is 1. The molecule has 0 unspecified atom stereocenters. The van der Waals surface area contributed by atoms with E-state index in [1.807, 2.05) is 12.1 Å². The monoisotopic (exact) mass is 340 g/mol. The van der Waals surface area contributed by atoms with Crippen molar-refractivity contribution in [2.24, 2.45) is 5.92 Å². The summed E-state index contributed by atoms with van der Waals surface area (Å²) in [5, 5.41) is 1.63. The number of aromatic nitrogens is 1. The fraction of sp³-hybridized carbons (Fsp3) is 0.429. The number of hydrogen-bond acceptors (Lipinski definition) is 1. The number of halogens is 2. The Morgan fingerprint density at radius 1 is 0.880 bits per heavy atom. The molecule has 0 spiro atoms. The maximum absolute atomic E-state index is 13.8. The Kier molecular flexibility index (Phi) is 3.56. The van der Waals surface area contributed by atoms with Gasteiger partial charge in [-0.2, -0.15) is 0 Å². The van der Waals surface area contributed by atoms with E-state index in [1.54, 1.807) is 12.1 Å². The summed E-state index contributed by atoms with van der Waals surface area (Å²) in [5.74, 6) is 0.352. The minimum atomic E-state index is -0.269. The van der Waals surface area contributed by atoms with Crippen molar-refractivity contribution in [2.45, 2.75) is 31.7 Å². The van der Waals surface area contributed by atoms with Crippen LogP contribution in [0.4, 0.5) is 8.78 Å². The summed E-state index contributed by atoms with van der Waals surface area (Å²) in [6, 6.07) is 10.2. The lowest BCUT2D eigenvalue weighted by atomic mass is 10.0. The average molecular weight is 340 g/mol. The molecule has 2 heterocycles. The Balaban J connectivity index is 1.63. The van der Waals surface area contributed by atoms with Gasteiger partial charge in [0.15, 0.2) is 0 Å². The molecule has 0 radical (unpaired) electrons. The number of piperidine rings is 1. The van der Waals surface area contributed by atoms with E-state index in [9.17, 15) is 8.78 Å². The second kappa shape index (κ2) is 5.80. The topological polar surface area (TPSA) is 8.17 Å². The number of fused-ring (bicyclic) bond motifs is 3. The van der Waals surface area contributed by atoms with Crippen LogP contribution in [0.25, 0.3) is 21.8 Å². The average Bonchev–Trinajstić information content (AvgIpc) is 3.36. The summed E-state index contributed by atoms with van der Waals surface area (Å²) < 4.78 is 30.0. The molecule has 1 aliphatic carbocycles. The number of rotatable bonds is 3. The van der Waals surface area contributed by atoms with Gasteiger partial charge in [0.05, 0.1) is 0 Å². The maximum Gasteiger partial charge on any atom is 0.123 e. The van der Waals surface area contributed by atoms with E-state index >= 15 is 0 Å². The molecule has 1 saturated heterocycles. The van der Waals surface area contributed by atoms with Crippen molar-refractivity contribution < 1.29 is 8.78 Å². The van der Waals surface area contributed by atoms with Crippen LogP contribution in [0.1, 0.15) is 31.7 Å². The lowest BCUT2D eigenvalue weighted by molar-refractivity contribution is 0.175. The minimum Gasteiger partial charge on any atom is -0.336 e. The number of hydrogen-bond donors (Lipinski definition) is 0. The van der Waals surface area contributed by atoms with Crippen LogP contribution in [-0.2, 0) is 0 Å². The molecule has 5 rings (SSSR count). The van der Waals surface area contributed by atoms with E-state index in [0.717, 1.165) is 40.7 Å². The highest BCUT2D eigenvalue weighted by Gasteiger charge is 2.29. The van der Waals surface area contributed by atoms with E-state index in [4.69, 9.17) is 0 Å². The summed E-state index contributed by atoms with van der Waals surface area (Å²) in [6.45, 7) is 3.41. The molecule has 3 aromatic rings. The summed E-state index contributed by atoms with van der Waals surface area (Å²) in [4.78, 5) is 2.58. The maximum atomic E-state index is 13.8. The van der Waals surface area contributed by atoms with Gasteiger partial charge in [-0.15, -0.1) is 0 Å². The van der Waals surface area contributed by atoms with Crippen LogP contribution >= 0.6 is 0 Å². The minimum absolute atomic E-state index is 0.269. The highest BCUT2D eigenvalue weighted by molar-refractivity contribution is 6.08. The first kappa shape index (κ1) is 15.3. The standard InChI is InChI=1S/C21H22F2N2/c22-15-5-7-20-18(10-15)19-11-16(23)6-8-21(19)25(20)17-2-1-9-24(13-17)12-14-3-4-14/h5-8,10-11,14,17H,1-4,9,12-13H2/t17-/m0/s1. The normalized spacial score (nSPS) is 22.1. The van der Waals surface area contributed by atoms with Crippen LogP contribution in [0.15, 0.2) is 36.4 Å². The molecular weight excluding hydrogens is 318 g/mol. The van der Waals surface area contributed by atoms with Gasteiger partial charge < -0.3 is 9.47 Å². The Morgan fingerprint density at radius 2 is 1.52 bits per heavy atom. The van der Waals surface area contributed by atoms with Gasteiger partial charge in [-0.25, -0.2) is 8.78 Å². The van der Waals surface area contributed by atoms with Crippen LogP contribution in [0, 0.1) is 17.6 Å². The molecule has 2 fully saturated rings. The first-order valence-corrected chi connectivity index (χ1v) is 9.30. The van der Waals surface area contributed by atoms with Crippen LogP contribution in [0.3, 0.4) is 0 Å². The summed E-state index contributed by atoms with van der Waals surface area (Å²) in [6.07, 6.45) is 5.04. The largest absolute Gasteiger partial charge is 0.336 e. The van der Waals surface area contributed by atoms with E-state index in [1.165, 1.54) is 44.5 Å². The van der Waals surface area contributed by atoms with Gasteiger partial charge in [-0.3, -0.25) is 0 Å². The fourth-order valence-corrected chi connectivity index (χ4v) is 4.46. The van der Waals surface area contributed by atoms with Crippen molar-refractivity contribution in [2.75, 3.05) is 19.6 Å². The predicted molar refractivity (Wildman–Crippen MR) is 96.8 cm³/mol. The van der Waals surface area contributed by atoms with E-state index in [2.05, 4.69) is 9.47 Å². The molecule has 1 atom stereocenters. The third-order valence-electron chi connectivity index (χ3n) is 5.79. The fourth-order valence-electron chi connectivity index (χ4n) is 4.46. The highest BCUT2D eigenvalue weighted by atomic mass is 19.1. The molecular formula is C21H22F2N2. The zero-order chi connectivity index (χ0) is 17.0. The second-order valence-electron chi connectivity index (χ2n) is 7.69. The zero-order valence-electron chi connectivity index (χ0n) is 14.2. The van der Waals surface area contributed by atoms with Crippen molar-refractivity contribution in [3.63, 3.8) is 0 Å². The van der Waals surface area contributed by atoms with Gasteiger partial charge in [0.2, 0.25) is 0 Å². The molecule has 130 valence electrons. The van der Waals surface area contributed by atoms with Crippen LogP contribution in [-0.4, -0.2) is 29.1 Å². The van der Waals surface area contributed by atoms with Crippen LogP contribution in [0.5, 0.6) is 0 Å². The first-order valence-electron chi connectivity index (χ1n) is 9.30. The second-order valence-corrected chi connectivity index (χ2v) is 7.69. The van der Waals surface area contributed by atoms with Gasteiger partial charge in [-0.05, 0) is 74.5 Å². The smallest absolute Gasteiger partial charge is 0.123 e. The van der Waals surface area contributed by atoms with E-state index in [-0.39, 0.29) is 11.6 Å². The summed E-state index contributed by atoms with van der Waals surface area (Å²) in [5.41, 5.74) is 2.03. The highest BCUT2D eigenvalue weighted by Crippen LogP contribution is 2.37. The number of nitrogens with zero attached hydrogens (tertiary/aromatic N) is 2. The van der Waals surface area contributed by atoms with E-state index in [0.29, 0.717) is 6.04 Å². The zero-order valence-corrected chi connectivity index (χ0v) is 14.2. The third-order valence-corrected chi connectivity index (χ3v) is 5.79. The Morgan fingerprint density at radius 3 is 2.12 bits per heavy atom. The molecule has 2 nitrogen and oxygen atoms in total. The van der Waals surface area contributed by atoms with Gasteiger partial charge in [0, 0.05) is 40.9 Å². The molecule has 0 bridgehead atoms. The van der Waals surface area contributed by atoms with Gasteiger partial charge in [0.1, 0.15) is 11.6 Å². The van der Waals surface area contributed by atoms with Gasteiger partial charge >= 0.3 is 0 Å². The molecule has 2 aliphatic rings. The van der Waals surface area contributed by atoms with Crippen molar-refractivity contribution in [3.05, 3.63) is 48.0 Å². The Hall–Kier alpha value is -1.94. The predicted octanol–water partition coefficient (Wildman–Crippen LogP) is 5.12. The SMILES string of the molecule is Fc1ccc2c(c1)c1cc(F)ccc1n2[C@H]1CCCN(CC2CC2)C1. The lowest BCUT2D eigenvalue weighted by Crippen LogP contribution is -2.37. The quantitative estimate of drug-likeness (QED) is 0.642. The molecule has 1 aliphatic heterocycles.